The lowest BCUT2D eigenvalue weighted by molar-refractivity contribution is -0.157. The molecule has 17 heavy (non-hydrogen) atoms. The number of esters is 2. The fourth-order valence-corrected chi connectivity index (χ4v) is 1.31. The molecule has 0 aromatic rings. The van der Waals surface area contributed by atoms with Gasteiger partial charge in [-0.3, -0.25) is 4.79 Å². The second kappa shape index (κ2) is 8.97. The van der Waals surface area contributed by atoms with E-state index in [-0.39, 0.29) is 0 Å². The highest BCUT2D eigenvalue weighted by molar-refractivity contribution is 5.96. The van der Waals surface area contributed by atoms with Crippen molar-refractivity contribution in [3.63, 3.8) is 0 Å². The minimum Gasteiger partial charge on any atom is -0.390 e. The van der Waals surface area contributed by atoms with Crippen LogP contribution in [0.25, 0.3) is 0 Å². The van der Waals surface area contributed by atoms with E-state index in [1.807, 2.05) is 13.8 Å². The summed E-state index contributed by atoms with van der Waals surface area (Å²) >= 11 is 0. The highest BCUT2D eigenvalue weighted by atomic mass is 16.6. The third kappa shape index (κ3) is 7.72. The summed E-state index contributed by atoms with van der Waals surface area (Å²) in [7, 11) is 0. The fraction of sp³-hybridized carbons (Fsp3) is 0.714. The largest absolute Gasteiger partial charge is 0.390 e. The van der Waals surface area contributed by atoms with Gasteiger partial charge in [0.2, 0.25) is 0 Å². The molecule has 0 aliphatic heterocycles. The predicted octanol–water partition coefficient (Wildman–Crippen LogP) is 3.77. The first kappa shape index (κ1) is 15.9. The average molecular weight is 240 g/mol. The summed E-state index contributed by atoms with van der Waals surface area (Å²) in [6.45, 7) is 7.47. The fourth-order valence-electron chi connectivity index (χ4n) is 1.31. The summed E-state index contributed by atoms with van der Waals surface area (Å²) in [5.74, 6) is -0.921. The number of allylic oxidation sites excluding steroid dienone is 1. The van der Waals surface area contributed by atoms with E-state index in [0.717, 1.165) is 24.8 Å². The molecule has 0 spiro atoms. The topological polar surface area (TPSA) is 43.4 Å². The molecule has 0 bridgehead atoms. The summed E-state index contributed by atoms with van der Waals surface area (Å²) < 4.78 is 4.74. The van der Waals surface area contributed by atoms with Crippen LogP contribution < -0.4 is 0 Å². The van der Waals surface area contributed by atoms with Crippen molar-refractivity contribution in [2.75, 3.05) is 0 Å². The van der Waals surface area contributed by atoms with Gasteiger partial charge < -0.3 is 4.74 Å². The van der Waals surface area contributed by atoms with Gasteiger partial charge in [0.05, 0.1) is 0 Å². The zero-order valence-electron chi connectivity index (χ0n) is 11.5. The lowest BCUT2D eigenvalue weighted by Gasteiger charge is -2.04. The van der Waals surface area contributed by atoms with Crippen LogP contribution in [0.2, 0.25) is 0 Å². The van der Waals surface area contributed by atoms with Gasteiger partial charge in [-0.2, -0.15) is 0 Å². The molecule has 0 aromatic carbocycles. The van der Waals surface area contributed by atoms with E-state index >= 15 is 0 Å². The number of ether oxygens (including phenoxy) is 1. The molecule has 0 aromatic heterocycles. The summed E-state index contributed by atoms with van der Waals surface area (Å²) in [6.07, 6.45) is 5.70. The molecule has 0 amide bonds. The standard InChI is InChI=1S/C14H24O3/c1-5-6-7-8-9-10-13(15)17-14(16)12(4)11(2)3/h5-10H2,1-4H3. The van der Waals surface area contributed by atoms with Gasteiger partial charge in [-0.05, 0) is 27.2 Å². The van der Waals surface area contributed by atoms with Crippen LogP contribution in [0.1, 0.15) is 66.2 Å². The monoisotopic (exact) mass is 240 g/mol. The van der Waals surface area contributed by atoms with E-state index in [9.17, 15) is 9.59 Å². The van der Waals surface area contributed by atoms with Crippen molar-refractivity contribution in [2.45, 2.75) is 66.2 Å². The number of unbranched alkanes of at least 4 members (excludes halogenated alkanes) is 4. The maximum Gasteiger partial charge on any atom is 0.341 e. The summed E-state index contributed by atoms with van der Waals surface area (Å²) in [5.41, 5.74) is 1.40. The molecule has 3 nitrogen and oxygen atoms in total. The molecule has 0 saturated heterocycles. The van der Waals surface area contributed by atoms with Crippen molar-refractivity contribution in [1.82, 2.24) is 0 Å². The first-order valence-corrected chi connectivity index (χ1v) is 6.38. The van der Waals surface area contributed by atoms with Crippen LogP contribution in [0.5, 0.6) is 0 Å². The quantitative estimate of drug-likeness (QED) is 0.294. The van der Waals surface area contributed by atoms with Crippen LogP contribution in [-0.4, -0.2) is 11.9 Å². The molecule has 98 valence electrons. The molecular weight excluding hydrogens is 216 g/mol. The Kier molecular flexibility index (Phi) is 8.38. The van der Waals surface area contributed by atoms with Gasteiger partial charge in [-0.15, -0.1) is 0 Å². The van der Waals surface area contributed by atoms with Crippen molar-refractivity contribution >= 4 is 11.9 Å². The van der Waals surface area contributed by atoms with Crippen LogP contribution >= 0.6 is 0 Å². The van der Waals surface area contributed by atoms with Gasteiger partial charge >= 0.3 is 11.9 Å². The van der Waals surface area contributed by atoms with Crippen molar-refractivity contribution < 1.29 is 14.3 Å². The molecule has 0 N–H and O–H groups in total. The van der Waals surface area contributed by atoms with Gasteiger partial charge in [0.15, 0.2) is 0 Å². The van der Waals surface area contributed by atoms with Crippen molar-refractivity contribution in [1.29, 1.82) is 0 Å². The first-order chi connectivity index (χ1) is 7.99. The average Bonchev–Trinajstić information content (AvgIpc) is 2.27. The summed E-state index contributed by atoms with van der Waals surface area (Å²) in [5, 5.41) is 0. The first-order valence-electron chi connectivity index (χ1n) is 6.38. The summed E-state index contributed by atoms with van der Waals surface area (Å²) in [4.78, 5) is 22.8. The van der Waals surface area contributed by atoms with Gasteiger partial charge in [0.25, 0.3) is 0 Å². The van der Waals surface area contributed by atoms with Gasteiger partial charge in [-0.25, -0.2) is 4.79 Å². The Labute approximate surface area is 104 Å². The normalized spacial score (nSPS) is 9.88. The molecule has 0 saturated carbocycles. The summed E-state index contributed by atoms with van der Waals surface area (Å²) in [6, 6.07) is 0. The van der Waals surface area contributed by atoms with Gasteiger partial charge in [0, 0.05) is 12.0 Å². The maximum absolute atomic E-state index is 11.4. The Balaban J connectivity index is 3.80. The molecule has 0 unspecified atom stereocenters. The lowest BCUT2D eigenvalue weighted by atomic mass is 10.1. The molecule has 0 aliphatic rings. The zero-order valence-corrected chi connectivity index (χ0v) is 11.5. The Morgan fingerprint density at radius 3 is 2.06 bits per heavy atom. The van der Waals surface area contributed by atoms with Crippen LogP contribution in [0.15, 0.2) is 11.1 Å². The minimum absolute atomic E-state index is 0.339. The van der Waals surface area contributed by atoms with E-state index < -0.39 is 11.9 Å². The molecule has 0 aliphatic carbocycles. The van der Waals surface area contributed by atoms with Crippen LogP contribution in [0.3, 0.4) is 0 Å². The van der Waals surface area contributed by atoms with Gasteiger partial charge in [-0.1, -0.05) is 38.2 Å². The highest BCUT2D eigenvalue weighted by Crippen LogP contribution is 2.08. The van der Waals surface area contributed by atoms with Crippen molar-refractivity contribution in [3.8, 4) is 0 Å². The highest BCUT2D eigenvalue weighted by Gasteiger charge is 2.12. The molecular formula is C14H24O3. The Morgan fingerprint density at radius 2 is 1.53 bits per heavy atom. The van der Waals surface area contributed by atoms with E-state index in [2.05, 4.69) is 6.92 Å². The second-order valence-electron chi connectivity index (χ2n) is 4.55. The van der Waals surface area contributed by atoms with E-state index in [1.54, 1.807) is 6.92 Å². The SMILES string of the molecule is CCCCCCCC(=O)OC(=O)C(C)=C(C)C. The van der Waals surface area contributed by atoms with E-state index in [1.165, 1.54) is 12.8 Å². The number of carbonyl (C=O) groups excluding carboxylic acids is 2. The number of hydrogen-bond acceptors (Lipinski definition) is 3. The number of hydrogen-bond donors (Lipinski definition) is 0. The zero-order chi connectivity index (χ0) is 13.3. The Hall–Kier alpha value is -1.12. The molecule has 0 rings (SSSR count). The van der Waals surface area contributed by atoms with Crippen molar-refractivity contribution in [2.24, 2.45) is 0 Å². The number of rotatable bonds is 7. The predicted molar refractivity (Wildman–Crippen MR) is 68.5 cm³/mol. The third-order valence-electron chi connectivity index (χ3n) is 2.75. The van der Waals surface area contributed by atoms with Gasteiger partial charge in [0.1, 0.15) is 0 Å². The van der Waals surface area contributed by atoms with Crippen molar-refractivity contribution in [3.05, 3.63) is 11.1 Å². The lowest BCUT2D eigenvalue weighted by Crippen LogP contribution is -2.13. The third-order valence-corrected chi connectivity index (χ3v) is 2.75. The van der Waals surface area contributed by atoms with E-state index in [4.69, 9.17) is 4.74 Å². The van der Waals surface area contributed by atoms with Crippen LogP contribution in [-0.2, 0) is 14.3 Å². The molecule has 0 fully saturated rings. The Bertz CT molecular complexity index is 286. The smallest absolute Gasteiger partial charge is 0.341 e. The minimum atomic E-state index is -0.511. The molecule has 0 atom stereocenters. The second-order valence-corrected chi connectivity index (χ2v) is 4.55. The molecule has 0 heterocycles. The van der Waals surface area contributed by atoms with E-state index in [0.29, 0.717) is 12.0 Å². The molecule has 3 heteroatoms. The Morgan fingerprint density at radius 1 is 0.941 bits per heavy atom. The van der Waals surface area contributed by atoms with Crippen LogP contribution in [0.4, 0.5) is 0 Å². The van der Waals surface area contributed by atoms with Crippen LogP contribution in [0, 0.1) is 0 Å². The molecule has 0 radical (unpaired) electrons. The number of carbonyl (C=O) groups is 2. The maximum atomic E-state index is 11.4.